The quantitative estimate of drug-likeness (QED) is 0.799. The van der Waals surface area contributed by atoms with E-state index in [-0.39, 0.29) is 5.82 Å². The fourth-order valence-corrected chi connectivity index (χ4v) is 2.83. The lowest BCUT2D eigenvalue weighted by Crippen LogP contribution is -2.22. The molecule has 0 saturated carbocycles. The fourth-order valence-electron chi connectivity index (χ4n) is 2.32. The van der Waals surface area contributed by atoms with Crippen LogP contribution in [0.15, 0.2) is 22.7 Å². The summed E-state index contributed by atoms with van der Waals surface area (Å²) in [6.07, 6.45) is 1.23. The third-order valence-corrected chi connectivity index (χ3v) is 3.54. The highest BCUT2D eigenvalue weighted by Crippen LogP contribution is 2.30. The van der Waals surface area contributed by atoms with Gasteiger partial charge in [0.05, 0.1) is 0 Å². The smallest absolute Gasteiger partial charge is 0.124 e. The van der Waals surface area contributed by atoms with Gasteiger partial charge in [-0.1, -0.05) is 29.8 Å². The summed E-state index contributed by atoms with van der Waals surface area (Å²) >= 11 is 3.33. The summed E-state index contributed by atoms with van der Waals surface area (Å²) in [6.45, 7) is 7.63. The molecule has 0 N–H and O–H groups in total. The Morgan fingerprint density at radius 1 is 1.38 bits per heavy atom. The van der Waals surface area contributed by atoms with Crippen LogP contribution in [0.5, 0.6) is 0 Å². The molecule has 1 aromatic rings. The van der Waals surface area contributed by atoms with E-state index in [0.29, 0.717) is 5.41 Å². The van der Waals surface area contributed by atoms with Crippen LogP contribution in [0.25, 0.3) is 0 Å². The van der Waals surface area contributed by atoms with Gasteiger partial charge in [-0.3, -0.25) is 4.90 Å². The highest BCUT2D eigenvalue weighted by atomic mass is 79.9. The largest absolute Gasteiger partial charge is 0.299 e. The summed E-state index contributed by atoms with van der Waals surface area (Å²) in [6, 6.07) is 5.11. The molecule has 0 atom stereocenters. The molecule has 2 rings (SSSR count). The van der Waals surface area contributed by atoms with Crippen molar-refractivity contribution in [1.29, 1.82) is 0 Å². The summed E-state index contributed by atoms with van der Waals surface area (Å²) in [4.78, 5) is 2.39. The topological polar surface area (TPSA) is 3.24 Å². The average molecular weight is 286 g/mol. The second-order valence-corrected chi connectivity index (χ2v) is 6.32. The third-order valence-electron chi connectivity index (χ3n) is 3.08. The molecule has 0 unspecified atom stereocenters. The van der Waals surface area contributed by atoms with Crippen LogP contribution < -0.4 is 0 Å². The SMILES string of the molecule is CC1(C)CCN(Cc2cc(F)cc(Br)c2)C1. The maximum absolute atomic E-state index is 13.2. The normalized spacial score (nSPS) is 20.2. The Hall–Kier alpha value is -0.410. The monoisotopic (exact) mass is 285 g/mol. The maximum atomic E-state index is 13.2. The first-order valence-corrected chi connectivity index (χ1v) is 6.41. The van der Waals surface area contributed by atoms with Gasteiger partial charge in [0, 0.05) is 17.6 Å². The molecule has 1 aliphatic rings. The van der Waals surface area contributed by atoms with Gasteiger partial charge in [-0.25, -0.2) is 4.39 Å². The zero-order chi connectivity index (χ0) is 11.8. The van der Waals surface area contributed by atoms with E-state index in [1.165, 1.54) is 12.5 Å². The average Bonchev–Trinajstić information content (AvgIpc) is 2.43. The minimum atomic E-state index is -0.164. The molecular weight excluding hydrogens is 269 g/mol. The Labute approximate surface area is 105 Å². The van der Waals surface area contributed by atoms with E-state index in [1.54, 1.807) is 6.07 Å². The first-order valence-electron chi connectivity index (χ1n) is 5.62. The number of halogens is 2. The minimum Gasteiger partial charge on any atom is -0.299 e. The summed E-state index contributed by atoms with van der Waals surface area (Å²) in [7, 11) is 0. The van der Waals surface area contributed by atoms with Crippen molar-refractivity contribution in [3.8, 4) is 0 Å². The van der Waals surface area contributed by atoms with Crippen LogP contribution >= 0.6 is 15.9 Å². The zero-order valence-corrected chi connectivity index (χ0v) is 11.3. The van der Waals surface area contributed by atoms with Crippen molar-refractivity contribution in [2.45, 2.75) is 26.8 Å². The lowest BCUT2D eigenvalue weighted by molar-refractivity contribution is 0.284. The van der Waals surface area contributed by atoms with Crippen LogP contribution in [0, 0.1) is 11.2 Å². The molecule has 1 fully saturated rings. The Bertz CT molecular complexity index is 369. The van der Waals surface area contributed by atoms with Crippen molar-refractivity contribution in [2.24, 2.45) is 5.41 Å². The summed E-state index contributed by atoms with van der Waals surface area (Å²) < 4.78 is 14.0. The van der Waals surface area contributed by atoms with E-state index < -0.39 is 0 Å². The minimum absolute atomic E-state index is 0.164. The van der Waals surface area contributed by atoms with Gasteiger partial charge in [0.25, 0.3) is 0 Å². The van der Waals surface area contributed by atoms with Crippen LogP contribution in [0.4, 0.5) is 4.39 Å². The molecule has 16 heavy (non-hydrogen) atoms. The molecule has 0 radical (unpaired) electrons. The zero-order valence-electron chi connectivity index (χ0n) is 9.76. The second-order valence-electron chi connectivity index (χ2n) is 5.40. The van der Waals surface area contributed by atoms with Crippen molar-refractivity contribution < 1.29 is 4.39 Å². The van der Waals surface area contributed by atoms with Crippen molar-refractivity contribution >= 4 is 15.9 Å². The number of likely N-dealkylation sites (tertiary alicyclic amines) is 1. The summed E-state index contributed by atoms with van der Waals surface area (Å²) in [5.41, 5.74) is 1.45. The van der Waals surface area contributed by atoms with Gasteiger partial charge in [0.15, 0.2) is 0 Å². The van der Waals surface area contributed by atoms with Crippen LogP contribution in [-0.4, -0.2) is 18.0 Å². The van der Waals surface area contributed by atoms with Crippen molar-refractivity contribution in [3.05, 3.63) is 34.1 Å². The molecule has 1 aliphatic heterocycles. The summed E-state index contributed by atoms with van der Waals surface area (Å²) in [5, 5.41) is 0. The molecule has 3 heteroatoms. The molecule has 0 aliphatic carbocycles. The highest BCUT2D eigenvalue weighted by Gasteiger charge is 2.28. The Morgan fingerprint density at radius 3 is 2.69 bits per heavy atom. The van der Waals surface area contributed by atoms with Gasteiger partial charge < -0.3 is 0 Å². The third kappa shape index (κ3) is 3.05. The lowest BCUT2D eigenvalue weighted by atomic mass is 9.93. The molecule has 1 aromatic carbocycles. The number of rotatable bonds is 2. The fraction of sp³-hybridized carbons (Fsp3) is 0.538. The molecule has 1 heterocycles. The van der Waals surface area contributed by atoms with Crippen molar-refractivity contribution in [3.63, 3.8) is 0 Å². The second kappa shape index (κ2) is 4.46. The molecule has 88 valence electrons. The number of hydrogen-bond acceptors (Lipinski definition) is 1. The van der Waals surface area contributed by atoms with Crippen LogP contribution in [-0.2, 0) is 6.54 Å². The van der Waals surface area contributed by atoms with Crippen LogP contribution in [0.3, 0.4) is 0 Å². The summed E-state index contributed by atoms with van der Waals surface area (Å²) in [5.74, 6) is -0.164. The first kappa shape index (κ1) is 12.1. The number of hydrogen-bond donors (Lipinski definition) is 0. The molecule has 0 spiro atoms. The van der Waals surface area contributed by atoms with Crippen LogP contribution in [0.2, 0.25) is 0 Å². The number of benzene rings is 1. The molecular formula is C13H17BrFN. The van der Waals surface area contributed by atoms with Gasteiger partial charge in [0.2, 0.25) is 0 Å². The van der Waals surface area contributed by atoms with Crippen molar-refractivity contribution in [2.75, 3.05) is 13.1 Å². The van der Waals surface area contributed by atoms with Gasteiger partial charge in [-0.05, 0) is 42.1 Å². The van der Waals surface area contributed by atoms with E-state index in [1.807, 2.05) is 6.07 Å². The van der Waals surface area contributed by atoms with E-state index in [0.717, 1.165) is 29.7 Å². The molecule has 0 bridgehead atoms. The molecule has 0 amide bonds. The van der Waals surface area contributed by atoms with Gasteiger partial charge in [-0.2, -0.15) is 0 Å². The Morgan fingerprint density at radius 2 is 2.12 bits per heavy atom. The lowest BCUT2D eigenvalue weighted by Gasteiger charge is -2.19. The van der Waals surface area contributed by atoms with Crippen molar-refractivity contribution in [1.82, 2.24) is 4.90 Å². The van der Waals surface area contributed by atoms with Gasteiger partial charge >= 0.3 is 0 Å². The van der Waals surface area contributed by atoms with Gasteiger partial charge in [0.1, 0.15) is 5.82 Å². The van der Waals surface area contributed by atoms with E-state index in [9.17, 15) is 4.39 Å². The van der Waals surface area contributed by atoms with Gasteiger partial charge in [-0.15, -0.1) is 0 Å². The highest BCUT2D eigenvalue weighted by molar-refractivity contribution is 9.10. The molecule has 1 nitrogen and oxygen atoms in total. The standard InChI is InChI=1S/C13H17BrFN/c1-13(2)3-4-16(9-13)8-10-5-11(14)7-12(15)6-10/h5-7H,3-4,8-9H2,1-2H3. The van der Waals surface area contributed by atoms with Crippen LogP contribution in [0.1, 0.15) is 25.8 Å². The first-order chi connectivity index (χ1) is 7.44. The van der Waals surface area contributed by atoms with E-state index >= 15 is 0 Å². The Balaban J connectivity index is 2.05. The Kier molecular flexibility index (Phi) is 3.36. The van der Waals surface area contributed by atoms with E-state index in [2.05, 4.69) is 34.7 Å². The predicted octanol–water partition coefficient (Wildman–Crippen LogP) is 3.82. The molecule has 1 saturated heterocycles. The number of nitrogens with zero attached hydrogens (tertiary/aromatic N) is 1. The van der Waals surface area contributed by atoms with E-state index in [4.69, 9.17) is 0 Å². The predicted molar refractivity (Wildman–Crippen MR) is 67.8 cm³/mol. The maximum Gasteiger partial charge on any atom is 0.124 e. The molecule has 0 aromatic heterocycles.